The van der Waals surface area contributed by atoms with Crippen molar-refractivity contribution in [2.45, 2.75) is 13.0 Å². The van der Waals surface area contributed by atoms with Gasteiger partial charge in [0.2, 0.25) is 0 Å². The van der Waals surface area contributed by atoms with Crippen LogP contribution in [-0.4, -0.2) is 36.3 Å². The van der Waals surface area contributed by atoms with Gasteiger partial charge in [0.1, 0.15) is 12.2 Å². The largest absolute Gasteiger partial charge is 0.321 e. The normalized spacial score (nSPS) is 10.9. The van der Waals surface area contributed by atoms with Gasteiger partial charge in [-0.3, -0.25) is 4.68 Å². The van der Waals surface area contributed by atoms with Gasteiger partial charge in [0.05, 0.1) is 5.69 Å². The van der Waals surface area contributed by atoms with Crippen molar-refractivity contribution in [1.29, 1.82) is 0 Å². The Labute approximate surface area is 93.5 Å². The highest BCUT2D eigenvalue weighted by molar-refractivity contribution is 4.91. The van der Waals surface area contributed by atoms with Gasteiger partial charge in [-0.2, -0.15) is 0 Å². The van der Waals surface area contributed by atoms with Crippen LogP contribution >= 0.6 is 0 Å². The SMILES string of the molecule is Cn1cc(CNCCc2nncn2C)nn1. The molecule has 0 radical (unpaired) electrons. The van der Waals surface area contributed by atoms with Crippen LogP contribution in [0.2, 0.25) is 0 Å². The second-order valence-electron chi connectivity index (χ2n) is 3.67. The topological polar surface area (TPSA) is 73.5 Å². The average Bonchev–Trinajstić information content (AvgIpc) is 2.83. The first-order valence-corrected chi connectivity index (χ1v) is 5.14. The zero-order valence-electron chi connectivity index (χ0n) is 9.46. The van der Waals surface area contributed by atoms with Crippen LogP contribution in [0.3, 0.4) is 0 Å². The van der Waals surface area contributed by atoms with Gasteiger partial charge < -0.3 is 9.88 Å². The van der Waals surface area contributed by atoms with E-state index in [9.17, 15) is 0 Å². The van der Waals surface area contributed by atoms with Gasteiger partial charge in [-0.25, -0.2) is 0 Å². The summed E-state index contributed by atoms with van der Waals surface area (Å²) < 4.78 is 3.61. The molecule has 0 saturated carbocycles. The molecule has 0 saturated heterocycles. The summed E-state index contributed by atoms with van der Waals surface area (Å²) >= 11 is 0. The molecule has 2 aromatic rings. The minimum atomic E-state index is 0.728. The molecule has 0 aliphatic carbocycles. The molecule has 0 aromatic carbocycles. The first-order valence-electron chi connectivity index (χ1n) is 5.14. The van der Waals surface area contributed by atoms with E-state index in [4.69, 9.17) is 0 Å². The zero-order chi connectivity index (χ0) is 11.4. The first kappa shape index (κ1) is 10.7. The third-order valence-corrected chi connectivity index (χ3v) is 2.29. The molecule has 0 aliphatic heterocycles. The number of nitrogens with one attached hydrogen (secondary N) is 1. The molecule has 1 N–H and O–H groups in total. The van der Waals surface area contributed by atoms with Crippen LogP contribution in [0.4, 0.5) is 0 Å². The fourth-order valence-corrected chi connectivity index (χ4v) is 1.43. The lowest BCUT2D eigenvalue weighted by molar-refractivity contribution is 0.643. The lowest BCUT2D eigenvalue weighted by Gasteiger charge is -2.01. The molecule has 2 heterocycles. The maximum atomic E-state index is 4.01. The highest BCUT2D eigenvalue weighted by Gasteiger charge is 2.01. The highest BCUT2D eigenvalue weighted by Crippen LogP contribution is 1.93. The monoisotopic (exact) mass is 221 g/mol. The van der Waals surface area contributed by atoms with Crippen molar-refractivity contribution in [3.05, 3.63) is 24.0 Å². The highest BCUT2D eigenvalue weighted by atomic mass is 15.4. The van der Waals surface area contributed by atoms with Crippen molar-refractivity contribution in [2.24, 2.45) is 14.1 Å². The van der Waals surface area contributed by atoms with Gasteiger partial charge in [0.15, 0.2) is 0 Å². The summed E-state index contributed by atoms with van der Waals surface area (Å²) in [6.07, 6.45) is 4.46. The Balaban J connectivity index is 1.71. The third-order valence-electron chi connectivity index (χ3n) is 2.29. The maximum absolute atomic E-state index is 4.01. The lowest BCUT2D eigenvalue weighted by Crippen LogP contribution is -2.18. The Kier molecular flexibility index (Phi) is 3.25. The van der Waals surface area contributed by atoms with Gasteiger partial charge in [0, 0.05) is 39.8 Å². The molecule has 2 aromatic heterocycles. The van der Waals surface area contributed by atoms with Gasteiger partial charge in [0.25, 0.3) is 0 Å². The fraction of sp³-hybridized carbons (Fsp3) is 0.556. The van der Waals surface area contributed by atoms with E-state index in [0.29, 0.717) is 0 Å². The fourth-order valence-electron chi connectivity index (χ4n) is 1.43. The molecule has 7 heteroatoms. The smallest absolute Gasteiger partial charge is 0.133 e. The Bertz CT molecular complexity index is 444. The Hall–Kier alpha value is -1.76. The van der Waals surface area contributed by atoms with E-state index in [-0.39, 0.29) is 0 Å². The van der Waals surface area contributed by atoms with Gasteiger partial charge >= 0.3 is 0 Å². The van der Waals surface area contributed by atoms with Crippen LogP contribution in [-0.2, 0) is 27.1 Å². The Morgan fingerprint density at radius 1 is 1.31 bits per heavy atom. The Morgan fingerprint density at radius 3 is 2.81 bits per heavy atom. The van der Waals surface area contributed by atoms with Crippen LogP contribution < -0.4 is 5.32 Å². The summed E-state index contributed by atoms with van der Waals surface area (Å²) in [7, 11) is 3.80. The predicted octanol–water partition coefficient (Wildman–Crippen LogP) is -0.724. The van der Waals surface area contributed by atoms with E-state index < -0.39 is 0 Å². The molecule has 0 amide bonds. The van der Waals surface area contributed by atoms with Crippen LogP contribution in [0, 0.1) is 0 Å². The molecule has 0 unspecified atom stereocenters. The van der Waals surface area contributed by atoms with Gasteiger partial charge in [-0.05, 0) is 0 Å². The maximum Gasteiger partial charge on any atom is 0.133 e. The number of aryl methyl sites for hydroxylation is 2. The van der Waals surface area contributed by atoms with Crippen molar-refractivity contribution in [3.8, 4) is 0 Å². The van der Waals surface area contributed by atoms with Crippen LogP contribution in [0.25, 0.3) is 0 Å². The van der Waals surface area contributed by atoms with Crippen LogP contribution in [0.5, 0.6) is 0 Å². The molecular weight excluding hydrogens is 206 g/mol. The van der Waals surface area contributed by atoms with Crippen molar-refractivity contribution in [2.75, 3.05) is 6.54 Å². The molecule has 0 bridgehead atoms. The van der Waals surface area contributed by atoms with E-state index in [2.05, 4.69) is 25.8 Å². The molecule has 7 nitrogen and oxygen atoms in total. The minimum Gasteiger partial charge on any atom is -0.321 e. The van der Waals surface area contributed by atoms with E-state index in [0.717, 1.165) is 31.0 Å². The lowest BCUT2D eigenvalue weighted by atomic mass is 10.4. The van der Waals surface area contributed by atoms with E-state index in [1.165, 1.54) is 0 Å². The quantitative estimate of drug-likeness (QED) is 0.674. The van der Waals surface area contributed by atoms with E-state index in [1.807, 2.05) is 24.9 Å². The van der Waals surface area contributed by atoms with Crippen molar-refractivity contribution in [1.82, 2.24) is 35.1 Å². The summed E-state index contributed by atoms with van der Waals surface area (Å²) in [6, 6.07) is 0. The molecule has 86 valence electrons. The number of aromatic nitrogens is 6. The number of hydrogen-bond donors (Lipinski definition) is 1. The van der Waals surface area contributed by atoms with E-state index >= 15 is 0 Å². The zero-order valence-corrected chi connectivity index (χ0v) is 9.46. The van der Waals surface area contributed by atoms with Crippen molar-refractivity contribution < 1.29 is 0 Å². The van der Waals surface area contributed by atoms with Crippen LogP contribution in [0.1, 0.15) is 11.5 Å². The van der Waals surface area contributed by atoms with Gasteiger partial charge in [-0.1, -0.05) is 5.21 Å². The summed E-state index contributed by atoms with van der Waals surface area (Å²) in [5.74, 6) is 0.978. The molecule has 0 spiro atoms. The van der Waals surface area contributed by atoms with Gasteiger partial charge in [-0.15, -0.1) is 15.3 Å². The number of rotatable bonds is 5. The molecule has 16 heavy (non-hydrogen) atoms. The third kappa shape index (κ3) is 2.63. The summed E-state index contributed by atoms with van der Waals surface area (Å²) in [4.78, 5) is 0. The molecule has 0 fully saturated rings. The van der Waals surface area contributed by atoms with E-state index in [1.54, 1.807) is 11.0 Å². The van der Waals surface area contributed by atoms with Crippen LogP contribution in [0.15, 0.2) is 12.5 Å². The standard InChI is InChI=1S/C9H15N7/c1-15-7-11-13-9(15)3-4-10-5-8-6-16(2)14-12-8/h6-7,10H,3-5H2,1-2H3. The van der Waals surface area contributed by atoms with Crippen molar-refractivity contribution >= 4 is 0 Å². The second-order valence-corrected chi connectivity index (χ2v) is 3.67. The molecule has 0 aliphatic rings. The predicted molar refractivity (Wildman–Crippen MR) is 57.4 cm³/mol. The molecule has 2 rings (SSSR count). The number of hydrogen-bond acceptors (Lipinski definition) is 5. The summed E-state index contributed by atoms with van der Waals surface area (Å²) in [5, 5.41) is 19.0. The second kappa shape index (κ2) is 4.84. The van der Waals surface area contributed by atoms with Crippen molar-refractivity contribution in [3.63, 3.8) is 0 Å². The average molecular weight is 221 g/mol. The first-order chi connectivity index (χ1) is 7.75. The summed E-state index contributed by atoms with van der Waals surface area (Å²) in [5.41, 5.74) is 0.945. The number of nitrogens with zero attached hydrogens (tertiary/aromatic N) is 6. The molecular formula is C9H15N7. The Morgan fingerprint density at radius 2 is 2.19 bits per heavy atom. The summed E-state index contributed by atoms with van der Waals surface area (Å²) in [6.45, 7) is 1.58. The molecule has 0 atom stereocenters. The minimum absolute atomic E-state index is 0.728.